The molecule has 1 aliphatic rings. The summed E-state index contributed by atoms with van der Waals surface area (Å²) >= 11 is 0. The Morgan fingerprint density at radius 1 is 1.18 bits per heavy atom. The highest BCUT2D eigenvalue weighted by Crippen LogP contribution is 2.29. The van der Waals surface area contributed by atoms with E-state index in [1.165, 1.54) is 20.3 Å². The molecule has 0 bridgehead atoms. The molecular formula is C23H26N4O5S. The molecule has 0 radical (unpaired) electrons. The fourth-order valence-electron chi connectivity index (χ4n) is 3.65. The number of nitrogens with one attached hydrogen (secondary N) is 2. The van der Waals surface area contributed by atoms with Crippen molar-refractivity contribution < 1.29 is 22.3 Å². The summed E-state index contributed by atoms with van der Waals surface area (Å²) in [5, 5.41) is 3.31. The molecular weight excluding hydrogens is 444 g/mol. The number of sulfonamides is 1. The molecule has 1 aromatic carbocycles. The Hall–Kier alpha value is -3.37. The number of allylic oxidation sites excluding steroid dienone is 1. The van der Waals surface area contributed by atoms with E-state index in [1.54, 1.807) is 18.4 Å². The van der Waals surface area contributed by atoms with Crippen molar-refractivity contribution in [1.82, 2.24) is 20.0 Å². The largest absolute Gasteiger partial charge is 0.497 e. The van der Waals surface area contributed by atoms with Crippen molar-refractivity contribution in [1.29, 1.82) is 0 Å². The molecule has 10 heteroatoms. The molecule has 1 unspecified atom stereocenters. The Morgan fingerprint density at radius 2 is 2.03 bits per heavy atom. The smallest absolute Gasteiger partial charge is 0.244 e. The predicted molar refractivity (Wildman–Crippen MR) is 123 cm³/mol. The molecule has 174 valence electrons. The Balaban J connectivity index is 1.44. The van der Waals surface area contributed by atoms with Gasteiger partial charge in [-0.2, -0.15) is 0 Å². The van der Waals surface area contributed by atoms with Crippen LogP contribution in [0.25, 0.3) is 11.5 Å². The number of ether oxygens (including phenoxy) is 2. The Morgan fingerprint density at radius 3 is 2.70 bits per heavy atom. The highest BCUT2D eigenvalue weighted by atomic mass is 32.2. The van der Waals surface area contributed by atoms with Crippen LogP contribution in [0.4, 0.5) is 0 Å². The van der Waals surface area contributed by atoms with E-state index in [0.717, 1.165) is 23.5 Å². The second kappa shape index (κ2) is 9.63. The van der Waals surface area contributed by atoms with Crippen molar-refractivity contribution in [2.45, 2.75) is 24.2 Å². The summed E-state index contributed by atoms with van der Waals surface area (Å²) in [5.74, 6) is 2.19. The second-order valence-electron chi connectivity index (χ2n) is 7.59. The number of benzene rings is 1. The monoisotopic (exact) mass is 470 g/mol. The van der Waals surface area contributed by atoms with Crippen LogP contribution in [-0.2, 0) is 10.0 Å². The van der Waals surface area contributed by atoms with Gasteiger partial charge in [0.2, 0.25) is 10.0 Å². The molecule has 0 saturated heterocycles. The summed E-state index contributed by atoms with van der Waals surface area (Å²) in [7, 11) is -0.893. The van der Waals surface area contributed by atoms with Crippen LogP contribution in [0.2, 0.25) is 0 Å². The predicted octanol–water partition coefficient (Wildman–Crippen LogP) is 3.00. The van der Waals surface area contributed by atoms with Gasteiger partial charge in [-0.1, -0.05) is 6.08 Å². The van der Waals surface area contributed by atoms with Crippen molar-refractivity contribution >= 4 is 10.0 Å². The summed E-state index contributed by atoms with van der Waals surface area (Å²) in [6.45, 7) is 2.62. The molecule has 0 aliphatic carbocycles. The summed E-state index contributed by atoms with van der Waals surface area (Å²) in [5.41, 5.74) is 2.46. The number of nitrogens with zero attached hydrogens (tertiary/aromatic N) is 2. The summed E-state index contributed by atoms with van der Waals surface area (Å²) < 4.78 is 44.2. The van der Waals surface area contributed by atoms with E-state index in [0.29, 0.717) is 23.9 Å². The quantitative estimate of drug-likeness (QED) is 0.516. The summed E-state index contributed by atoms with van der Waals surface area (Å²) in [6.07, 6.45) is 4.33. The minimum atomic E-state index is -3.80. The standard InChI is InChI=1S/C23H26N4O5S/c1-15-26-19(12-20(27-15)21-5-4-10-32-21)16-6-7-17(24-13-16)14-25-33(28,29)23-11-18(30-2)8-9-22(23)31-3/h4-5,7-12,16,24-25H,6,13-14H2,1-3H3. The Bertz CT molecular complexity index is 1260. The molecule has 1 atom stereocenters. The van der Waals surface area contributed by atoms with Crippen molar-refractivity contribution in [3.8, 4) is 23.0 Å². The number of rotatable bonds is 8. The van der Waals surface area contributed by atoms with Gasteiger partial charge in [0, 0.05) is 29.9 Å². The Labute approximate surface area is 192 Å². The lowest BCUT2D eigenvalue weighted by Gasteiger charge is -2.24. The van der Waals surface area contributed by atoms with Crippen LogP contribution in [0, 0.1) is 6.92 Å². The number of methoxy groups -OCH3 is 2. The average Bonchev–Trinajstić information content (AvgIpc) is 3.37. The third kappa shape index (κ3) is 5.18. The molecule has 0 spiro atoms. The highest BCUT2D eigenvalue weighted by Gasteiger charge is 2.23. The minimum absolute atomic E-state index is 0.0283. The van der Waals surface area contributed by atoms with Crippen molar-refractivity contribution in [3.63, 3.8) is 0 Å². The van der Waals surface area contributed by atoms with Gasteiger partial charge in [0.05, 0.1) is 27.0 Å². The van der Waals surface area contributed by atoms with E-state index in [-0.39, 0.29) is 23.1 Å². The number of hydrogen-bond acceptors (Lipinski definition) is 8. The number of aromatic nitrogens is 2. The van der Waals surface area contributed by atoms with Gasteiger partial charge in [-0.25, -0.2) is 23.1 Å². The van der Waals surface area contributed by atoms with Crippen molar-refractivity contribution in [3.05, 3.63) is 66.0 Å². The molecule has 0 fully saturated rings. The zero-order valence-electron chi connectivity index (χ0n) is 18.7. The third-order valence-corrected chi connectivity index (χ3v) is 6.81. The van der Waals surface area contributed by atoms with Gasteiger partial charge >= 0.3 is 0 Å². The van der Waals surface area contributed by atoms with Gasteiger partial charge in [0.15, 0.2) is 5.76 Å². The van der Waals surface area contributed by atoms with Crippen LogP contribution in [-0.4, -0.2) is 45.7 Å². The van der Waals surface area contributed by atoms with E-state index < -0.39 is 10.0 Å². The maximum absolute atomic E-state index is 12.9. The molecule has 1 aliphatic heterocycles. The number of hydrogen-bond donors (Lipinski definition) is 2. The number of furan rings is 1. The van der Waals surface area contributed by atoms with Gasteiger partial charge in [-0.15, -0.1) is 0 Å². The molecule has 3 heterocycles. The first-order valence-electron chi connectivity index (χ1n) is 10.4. The molecule has 2 N–H and O–H groups in total. The maximum atomic E-state index is 12.9. The Kier molecular flexibility index (Phi) is 6.66. The van der Waals surface area contributed by atoms with Gasteiger partial charge in [-0.3, -0.25) is 0 Å². The van der Waals surface area contributed by atoms with Gasteiger partial charge < -0.3 is 19.2 Å². The maximum Gasteiger partial charge on any atom is 0.244 e. The van der Waals surface area contributed by atoms with Crippen molar-refractivity contribution in [2.75, 3.05) is 27.3 Å². The lowest BCUT2D eigenvalue weighted by atomic mass is 9.96. The zero-order chi connectivity index (χ0) is 23.4. The normalized spacial score (nSPS) is 16.1. The molecule has 3 aromatic rings. The summed E-state index contributed by atoms with van der Waals surface area (Å²) in [4.78, 5) is 9.08. The fraction of sp³-hybridized carbons (Fsp3) is 0.304. The van der Waals surface area contributed by atoms with Crippen LogP contribution in [0.1, 0.15) is 23.9 Å². The van der Waals surface area contributed by atoms with E-state index >= 15 is 0 Å². The van der Waals surface area contributed by atoms with Crippen LogP contribution < -0.4 is 19.5 Å². The summed E-state index contributed by atoms with van der Waals surface area (Å²) in [6, 6.07) is 10.3. The van der Waals surface area contributed by atoms with Crippen LogP contribution in [0.5, 0.6) is 11.5 Å². The SMILES string of the molecule is COc1ccc(OC)c(S(=O)(=O)NCC2=CCC(c3cc(-c4ccco4)nc(C)n3)CN2)c1. The van der Waals surface area contributed by atoms with E-state index in [4.69, 9.17) is 13.9 Å². The van der Waals surface area contributed by atoms with Crippen LogP contribution in [0.3, 0.4) is 0 Å². The first-order valence-corrected chi connectivity index (χ1v) is 11.9. The van der Waals surface area contributed by atoms with Crippen molar-refractivity contribution in [2.24, 2.45) is 0 Å². The van der Waals surface area contributed by atoms with Gasteiger partial charge in [0.25, 0.3) is 0 Å². The van der Waals surface area contributed by atoms with Crippen LogP contribution >= 0.6 is 0 Å². The molecule has 0 amide bonds. The van der Waals surface area contributed by atoms with E-state index in [9.17, 15) is 8.42 Å². The molecule has 9 nitrogen and oxygen atoms in total. The average molecular weight is 471 g/mol. The van der Waals surface area contributed by atoms with Crippen LogP contribution in [0.15, 0.2) is 63.7 Å². The minimum Gasteiger partial charge on any atom is -0.497 e. The zero-order valence-corrected chi connectivity index (χ0v) is 19.5. The van der Waals surface area contributed by atoms with E-state index in [1.807, 2.05) is 31.2 Å². The molecule has 2 aromatic heterocycles. The lowest BCUT2D eigenvalue weighted by molar-refractivity contribution is 0.392. The second-order valence-corrected chi connectivity index (χ2v) is 9.32. The van der Waals surface area contributed by atoms with Gasteiger partial charge in [-0.05, 0) is 43.7 Å². The first kappa shape index (κ1) is 22.8. The highest BCUT2D eigenvalue weighted by molar-refractivity contribution is 7.89. The van der Waals surface area contributed by atoms with E-state index in [2.05, 4.69) is 20.0 Å². The number of aryl methyl sites for hydroxylation is 1. The molecule has 0 saturated carbocycles. The lowest BCUT2D eigenvalue weighted by Crippen LogP contribution is -2.34. The third-order valence-electron chi connectivity index (χ3n) is 5.39. The fourth-order valence-corrected chi connectivity index (χ4v) is 4.84. The van der Waals surface area contributed by atoms with Gasteiger partial charge in [0.1, 0.15) is 27.9 Å². The first-order chi connectivity index (χ1) is 15.9. The topological polar surface area (TPSA) is 116 Å². The molecule has 4 rings (SSSR count). The molecule has 33 heavy (non-hydrogen) atoms.